The highest BCUT2D eigenvalue weighted by Gasteiger charge is 2.71. The third-order valence-electron chi connectivity index (χ3n) is 18.0. The molecule has 13 rings (SSSR count). The van der Waals surface area contributed by atoms with Crippen molar-refractivity contribution in [3.05, 3.63) is 78.6 Å². The minimum absolute atomic E-state index is 0.00528. The van der Waals surface area contributed by atoms with Gasteiger partial charge in [0.1, 0.15) is 71.9 Å². The first-order valence-electron chi connectivity index (χ1n) is 30.3. The Bertz CT molecular complexity index is 4740. The Morgan fingerprint density at radius 3 is 1.79 bits per heavy atom. The number of aromatic nitrogens is 14. The van der Waals surface area contributed by atoms with Crippen LogP contribution in [0.1, 0.15) is 31.9 Å². The van der Waals surface area contributed by atoms with E-state index in [2.05, 4.69) is 74.3 Å². The largest absolute Gasteiger partial charge is 0.472 e. The number of ether oxygens (including phenoxy) is 10. The number of aliphatic hydroxyl groups is 1. The second-order valence-corrected chi connectivity index (χ2v) is 31.4. The number of phosphoric ester groups is 2. The summed E-state index contributed by atoms with van der Waals surface area (Å²) in [5, 5.41) is 10.7. The molecule has 11 unspecified atom stereocenters. The lowest BCUT2D eigenvalue weighted by Crippen LogP contribution is -2.52. The highest BCUT2D eigenvalue weighted by atomic mass is 32.7. The third-order valence-corrected chi connectivity index (χ3v) is 22.2. The summed E-state index contributed by atoms with van der Waals surface area (Å²) in [4.78, 5) is 113. The zero-order valence-electron chi connectivity index (χ0n) is 53.3. The summed E-state index contributed by atoms with van der Waals surface area (Å²) in [5.74, 6) is -0.724. The molecule has 0 spiro atoms. The Hall–Kier alpha value is -5.85. The smallest absolute Gasteiger partial charge is 0.394 e. The molecular weight excluding hydrogens is 1470 g/mol. The van der Waals surface area contributed by atoms with Gasteiger partial charge < -0.3 is 84.0 Å². The predicted molar refractivity (Wildman–Crippen MR) is 345 cm³/mol. The standard InChI is InChI=1S/C50H67N17O28P4S2/c1-21-10-64(46(72)63-39(21)69)42-30-34(94-98(76,77)86-13-47-22(2)88-29(33(47)92-96(73)100)43(91-47)65-18-56-27-37(65)59-44(52)61-40(27)70)48(90-42,23(3)89-30)14-87-97(74,75)93-32-25(82-16-50(32,84-9-7-80-5)67-20-58-28-38(67)60-45(53)62-41(28)71)12-85-99(78,101)95-31-24(11-68)81-15-49(31,83-8-6-79-4)66-19-57-26-35(51)54-17-55-36(26)66/h10,17-20,22-25,29-34,42-43,68,96H,6-9,11-16H2,1-5H3,(H,73,100)(H,74,75)(H,76,77)(H,78,101)(H2,51,54,55)(H,63,69,72)(H3,52,59,61,70)(H3,53,60,62,71)/t22-,23-,24+,25+,29?,30?,31?,32?,33?,34+,42+,43+,47-,48-,49?,50?,99?/m0/s1. The number of H-pyrrole nitrogens is 3. The number of aromatic amines is 3. The van der Waals surface area contributed by atoms with Crippen LogP contribution < -0.4 is 39.6 Å². The minimum atomic E-state index is -5.87. The molecule has 12 N–H and O–H groups in total. The van der Waals surface area contributed by atoms with Crippen molar-refractivity contribution in [2.75, 3.05) is 97.5 Å². The second-order valence-electron chi connectivity index (χ2n) is 23.8. The molecule has 552 valence electrons. The molecular formula is C50H67N17O28P4S2. The molecule has 0 aromatic carbocycles. The number of aryl methyl sites for hydroxylation is 1. The number of phosphoric acid groups is 2. The van der Waals surface area contributed by atoms with Gasteiger partial charge in [-0.3, -0.25) is 79.3 Å². The number of hydrogen-bond donors (Lipinski definition) is 11. The van der Waals surface area contributed by atoms with Crippen molar-refractivity contribution in [3.63, 3.8) is 0 Å². The Labute approximate surface area is 576 Å². The first kappa shape index (κ1) is 73.5. The number of fused-ring (bicyclic) bond motifs is 7. The fraction of sp³-hybridized carbons (Fsp3) is 0.620. The first-order valence-corrected chi connectivity index (χ1v) is 38.6. The molecule has 7 aromatic heterocycles. The number of nitrogen functional groups attached to an aromatic ring is 3. The van der Waals surface area contributed by atoms with E-state index in [9.17, 15) is 47.8 Å². The van der Waals surface area contributed by atoms with E-state index in [1.54, 1.807) is 0 Å². The highest BCUT2D eigenvalue weighted by Crippen LogP contribution is 2.62. The molecule has 0 aliphatic carbocycles. The average Bonchev–Trinajstić information content (AvgIpc) is 1.57. The summed E-state index contributed by atoms with van der Waals surface area (Å²) in [5.41, 5.74) is 5.49. The molecule has 101 heavy (non-hydrogen) atoms. The third kappa shape index (κ3) is 13.2. The minimum Gasteiger partial charge on any atom is -0.394 e. The van der Waals surface area contributed by atoms with Gasteiger partial charge in [0.2, 0.25) is 30.6 Å². The maximum atomic E-state index is 15.3. The lowest BCUT2D eigenvalue weighted by Gasteiger charge is -2.38. The first-order chi connectivity index (χ1) is 47.9. The van der Waals surface area contributed by atoms with Gasteiger partial charge in [-0.25, -0.2) is 43.4 Å². The molecule has 6 saturated heterocycles. The normalized spacial score (nSPS) is 32.9. The highest BCUT2D eigenvalue weighted by molar-refractivity contribution is 8.44. The fourth-order valence-corrected chi connectivity index (χ4v) is 17.6. The summed E-state index contributed by atoms with van der Waals surface area (Å²) in [7, 11) is -12.0. The van der Waals surface area contributed by atoms with Crippen LogP contribution in [0.2, 0.25) is 0 Å². The van der Waals surface area contributed by atoms with E-state index in [-0.39, 0.29) is 77.2 Å². The molecule has 4 bridgehead atoms. The Morgan fingerprint density at radius 2 is 1.19 bits per heavy atom. The molecule has 45 nitrogen and oxygen atoms in total. The quantitative estimate of drug-likeness (QED) is 0.0137. The van der Waals surface area contributed by atoms with Crippen LogP contribution in [0.5, 0.6) is 0 Å². The number of hydrogen-bond acceptors (Lipinski definition) is 36. The van der Waals surface area contributed by atoms with Crippen LogP contribution in [-0.4, -0.2) is 236 Å². The van der Waals surface area contributed by atoms with Crippen LogP contribution in [-0.2, 0) is 109 Å². The second kappa shape index (κ2) is 27.9. The van der Waals surface area contributed by atoms with Gasteiger partial charge in [0, 0.05) is 26.0 Å². The monoisotopic (exact) mass is 1540 g/mol. The van der Waals surface area contributed by atoms with Crippen molar-refractivity contribution in [3.8, 4) is 0 Å². The van der Waals surface area contributed by atoms with Gasteiger partial charge in [-0.05, 0) is 20.8 Å². The summed E-state index contributed by atoms with van der Waals surface area (Å²) in [6.45, 7) is -6.40. The molecule has 0 radical (unpaired) electrons. The number of nitrogens with two attached hydrogens (primary N) is 3. The van der Waals surface area contributed by atoms with Crippen molar-refractivity contribution in [1.29, 1.82) is 0 Å². The van der Waals surface area contributed by atoms with E-state index in [1.807, 2.05) is 0 Å². The van der Waals surface area contributed by atoms with E-state index < -0.39 is 194 Å². The van der Waals surface area contributed by atoms with E-state index in [0.29, 0.717) is 0 Å². The Kier molecular flexibility index (Phi) is 20.3. The van der Waals surface area contributed by atoms with Crippen LogP contribution >= 0.6 is 54.2 Å². The van der Waals surface area contributed by atoms with Gasteiger partial charge in [0.25, 0.3) is 16.7 Å². The van der Waals surface area contributed by atoms with E-state index in [4.69, 9.17) is 96.2 Å². The van der Waals surface area contributed by atoms with Gasteiger partial charge in [-0.15, -0.1) is 0 Å². The van der Waals surface area contributed by atoms with Crippen molar-refractivity contribution >= 4 is 105 Å². The molecule has 51 heteroatoms. The van der Waals surface area contributed by atoms with E-state index in [1.165, 1.54) is 56.8 Å². The summed E-state index contributed by atoms with van der Waals surface area (Å²) in [6, 6.07) is 0. The maximum absolute atomic E-state index is 15.3. The lowest BCUT2D eigenvalue weighted by atomic mass is 9.94. The number of aliphatic hydroxyl groups excluding tert-OH is 1. The average molecular weight is 1540 g/mol. The molecule has 13 heterocycles. The van der Waals surface area contributed by atoms with Crippen LogP contribution in [0, 0.1) is 6.92 Å². The van der Waals surface area contributed by atoms with E-state index in [0.717, 1.165) is 28.0 Å². The number of rotatable bonds is 30. The topological polar surface area (TPSA) is 590 Å². The molecule has 6 aliphatic heterocycles. The molecule has 6 aliphatic rings. The van der Waals surface area contributed by atoms with Crippen molar-refractivity contribution in [2.24, 2.45) is 0 Å². The number of imidazole rings is 3. The molecule has 7 aromatic rings. The Balaban J connectivity index is 0.817. The molecule has 0 saturated carbocycles. The number of thiol groups is 2. The molecule has 0 amide bonds. The maximum Gasteiger partial charge on any atom is 0.472 e. The number of nitrogens with one attached hydrogen (secondary N) is 3. The summed E-state index contributed by atoms with van der Waals surface area (Å²) >= 11 is 8.34. The van der Waals surface area contributed by atoms with Crippen LogP contribution in [0.25, 0.3) is 33.5 Å². The molecule has 6 fully saturated rings. The van der Waals surface area contributed by atoms with Crippen LogP contribution in [0.4, 0.5) is 17.7 Å². The van der Waals surface area contributed by atoms with Gasteiger partial charge in [0.05, 0.1) is 97.3 Å². The fourth-order valence-electron chi connectivity index (χ4n) is 13.2. The zero-order valence-corrected chi connectivity index (χ0v) is 58.8. The predicted octanol–water partition coefficient (Wildman–Crippen LogP) is -1.62. The van der Waals surface area contributed by atoms with Crippen molar-refractivity contribution < 1.29 is 112 Å². The van der Waals surface area contributed by atoms with Crippen LogP contribution in [0.15, 0.2) is 50.7 Å². The van der Waals surface area contributed by atoms with Gasteiger partial charge in [-0.2, -0.15) is 9.97 Å². The van der Waals surface area contributed by atoms with Crippen molar-refractivity contribution in [2.45, 2.75) is 117 Å². The summed E-state index contributed by atoms with van der Waals surface area (Å²) in [6.07, 6.45) is -12.7. The lowest BCUT2D eigenvalue weighted by molar-refractivity contribution is -0.219. The van der Waals surface area contributed by atoms with Gasteiger partial charge >= 0.3 is 28.1 Å². The Morgan fingerprint density at radius 1 is 0.663 bits per heavy atom. The molecule has 20 atom stereocenters. The number of anilines is 3. The number of nitrogens with zero attached hydrogens (tertiary/aromatic N) is 11. The van der Waals surface area contributed by atoms with E-state index >= 15 is 4.57 Å². The zero-order chi connectivity index (χ0) is 72.1. The number of methoxy groups -OCH3 is 2. The SMILES string of the molecule is COCCOC1(n2cnc3c(N)ncnc32)CO[C@H](CO)C1OP(=O)(S)OC[C@H]1OCC(OCCOC)(n2cnc3c(=O)[nH]c(N)nc32)C1OP(=O)(O)OC[C@]12O[C@@H](n3cc(C)c(=O)[nH]c3=O)C(O[C@H]1C)[C@H]2OP(=O)(O)OC[C@]12O[C@@H](n3cnc4c(=O)[nH]c(N)nc43)C(O[C@H]1C)C2O[PH](=O)S. The van der Waals surface area contributed by atoms with Crippen molar-refractivity contribution in [1.82, 2.24) is 68.1 Å². The summed E-state index contributed by atoms with van der Waals surface area (Å²) < 4.78 is 165. The van der Waals surface area contributed by atoms with Gasteiger partial charge in [-0.1, -0.05) is 24.5 Å². The van der Waals surface area contributed by atoms with Gasteiger partial charge in [0.15, 0.2) is 46.2 Å². The van der Waals surface area contributed by atoms with Crippen LogP contribution in [0.3, 0.4) is 0 Å².